The Kier molecular flexibility index (Phi) is 5.27. The third-order valence-corrected chi connectivity index (χ3v) is 5.65. The van der Waals surface area contributed by atoms with Crippen LogP contribution >= 0.6 is 23.2 Å². The van der Waals surface area contributed by atoms with E-state index in [0.717, 1.165) is 31.6 Å². The average molecular weight is 382 g/mol. The van der Waals surface area contributed by atoms with Gasteiger partial charge in [0.15, 0.2) is 0 Å². The van der Waals surface area contributed by atoms with E-state index in [1.54, 1.807) is 29.9 Å². The number of nitrogens with zero attached hydrogens (tertiary/aromatic N) is 2. The van der Waals surface area contributed by atoms with Crippen LogP contribution in [0, 0.1) is 5.92 Å². The second-order valence-corrected chi connectivity index (χ2v) is 7.32. The van der Waals surface area contributed by atoms with Crippen LogP contribution in [0.1, 0.15) is 24.4 Å². The predicted molar refractivity (Wildman–Crippen MR) is 102 cm³/mol. The molecular formula is C18H21Cl2N3O2. The molecule has 134 valence electrons. The van der Waals surface area contributed by atoms with Crippen LogP contribution < -0.4 is 16.2 Å². The first kappa shape index (κ1) is 18.1. The normalized spacial score (nSPS) is 16.9. The third-order valence-electron chi connectivity index (χ3n) is 4.93. The number of aromatic hydroxyl groups is 1. The fraction of sp³-hybridized carbons (Fsp3) is 0.389. The summed E-state index contributed by atoms with van der Waals surface area (Å²) in [7, 11) is 1.74. The second-order valence-electron chi connectivity index (χ2n) is 6.51. The van der Waals surface area contributed by atoms with Gasteiger partial charge in [-0.2, -0.15) is 0 Å². The Morgan fingerprint density at radius 2 is 1.84 bits per heavy atom. The molecule has 2 aromatic rings. The van der Waals surface area contributed by atoms with Crippen LogP contribution in [0.5, 0.6) is 5.75 Å². The fourth-order valence-electron chi connectivity index (χ4n) is 3.32. The van der Waals surface area contributed by atoms with E-state index in [4.69, 9.17) is 28.9 Å². The van der Waals surface area contributed by atoms with Gasteiger partial charge in [0.1, 0.15) is 5.75 Å². The summed E-state index contributed by atoms with van der Waals surface area (Å²) in [5.74, 6) is 0.307. The number of nitrogens with two attached hydrogens (primary N) is 1. The lowest BCUT2D eigenvalue weighted by Gasteiger charge is -2.36. The van der Waals surface area contributed by atoms with Crippen LogP contribution in [-0.2, 0) is 7.05 Å². The maximum absolute atomic E-state index is 11.8. The van der Waals surface area contributed by atoms with Crippen LogP contribution in [-0.4, -0.2) is 22.8 Å². The van der Waals surface area contributed by atoms with Crippen LogP contribution in [0.2, 0.25) is 10.0 Å². The summed E-state index contributed by atoms with van der Waals surface area (Å²) >= 11 is 12.0. The topological polar surface area (TPSA) is 71.5 Å². The smallest absolute Gasteiger partial charge is 0.252 e. The summed E-state index contributed by atoms with van der Waals surface area (Å²) in [5.41, 5.74) is 7.93. The molecule has 7 heteroatoms. The van der Waals surface area contributed by atoms with Crippen LogP contribution in [0.15, 0.2) is 35.3 Å². The van der Waals surface area contributed by atoms with Gasteiger partial charge in [0.05, 0.1) is 10.0 Å². The molecule has 3 N–H and O–H groups in total. The van der Waals surface area contributed by atoms with Gasteiger partial charge in [0.25, 0.3) is 5.56 Å². The van der Waals surface area contributed by atoms with Crippen molar-refractivity contribution in [3.8, 4) is 5.75 Å². The maximum Gasteiger partial charge on any atom is 0.252 e. The first-order chi connectivity index (χ1) is 11.9. The van der Waals surface area contributed by atoms with Crippen molar-refractivity contribution in [1.29, 1.82) is 0 Å². The molecule has 1 aliphatic rings. The Morgan fingerprint density at radius 1 is 1.20 bits per heavy atom. The van der Waals surface area contributed by atoms with E-state index < -0.39 is 0 Å². The van der Waals surface area contributed by atoms with Gasteiger partial charge >= 0.3 is 0 Å². The highest BCUT2D eigenvalue weighted by Crippen LogP contribution is 2.38. The molecular weight excluding hydrogens is 361 g/mol. The van der Waals surface area contributed by atoms with Gasteiger partial charge in [-0.3, -0.25) is 4.79 Å². The molecule has 0 amide bonds. The van der Waals surface area contributed by atoms with Crippen LogP contribution in [0.3, 0.4) is 0 Å². The number of halogens is 2. The number of phenols is 1. The Morgan fingerprint density at radius 3 is 2.48 bits per heavy atom. The first-order valence-corrected chi connectivity index (χ1v) is 8.97. The number of benzene rings is 1. The fourth-order valence-corrected chi connectivity index (χ4v) is 3.65. The zero-order chi connectivity index (χ0) is 18.1. The first-order valence-electron chi connectivity index (χ1n) is 8.22. The molecule has 3 rings (SSSR count). The zero-order valence-corrected chi connectivity index (χ0v) is 15.5. The molecule has 0 saturated carbocycles. The average Bonchev–Trinajstić information content (AvgIpc) is 2.60. The highest BCUT2D eigenvalue weighted by molar-refractivity contribution is 6.42. The third kappa shape index (κ3) is 3.78. The molecule has 0 aliphatic carbocycles. The summed E-state index contributed by atoms with van der Waals surface area (Å²) in [6.07, 6.45) is 3.52. The standard InChI is InChI=1S/C18H21Cl2N3O2/c1-22-5-4-12(8-17(22)25)23-6-2-11(3-7-23)18(21)13-9-14(19)15(20)10-16(13)24/h4-5,8-11,18,24H,2-3,6-7,21H2,1H3. The Labute approximate surface area is 156 Å². The molecule has 1 atom stereocenters. The predicted octanol–water partition coefficient (Wildman–Crippen LogP) is 3.31. The molecule has 1 saturated heterocycles. The highest BCUT2D eigenvalue weighted by atomic mass is 35.5. The summed E-state index contributed by atoms with van der Waals surface area (Å²) < 4.78 is 1.55. The lowest BCUT2D eigenvalue weighted by atomic mass is 9.85. The minimum absolute atomic E-state index is 0.0166. The van der Waals surface area contributed by atoms with Gasteiger partial charge in [-0.05, 0) is 30.9 Å². The monoisotopic (exact) mass is 381 g/mol. The quantitative estimate of drug-likeness (QED) is 0.855. The summed E-state index contributed by atoms with van der Waals surface area (Å²) in [5, 5.41) is 10.8. The van der Waals surface area contributed by atoms with Crippen LogP contribution in [0.25, 0.3) is 0 Å². The molecule has 1 unspecified atom stereocenters. The van der Waals surface area contributed by atoms with Crippen LogP contribution in [0.4, 0.5) is 5.69 Å². The number of pyridine rings is 1. The number of rotatable bonds is 3. The van der Waals surface area contributed by atoms with E-state index in [2.05, 4.69) is 4.90 Å². The molecule has 1 aromatic carbocycles. The second kappa shape index (κ2) is 7.28. The van der Waals surface area contributed by atoms with E-state index in [9.17, 15) is 9.90 Å². The van der Waals surface area contributed by atoms with E-state index in [-0.39, 0.29) is 23.3 Å². The number of hydrogen-bond donors (Lipinski definition) is 2. The van der Waals surface area contributed by atoms with Gasteiger partial charge < -0.3 is 20.3 Å². The van der Waals surface area contributed by atoms with Crippen molar-refractivity contribution in [3.05, 3.63) is 56.4 Å². The molecule has 0 spiro atoms. The molecule has 2 heterocycles. The van der Waals surface area contributed by atoms with Gasteiger partial charge in [0.2, 0.25) is 0 Å². The van der Waals surface area contributed by atoms with Crippen molar-refractivity contribution in [1.82, 2.24) is 4.57 Å². The van der Waals surface area contributed by atoms with Crippen molar-refractivity contribution < 1.29 is 5.11 Å². The lowest BCUT2D eigenvalue weighted by molar-refractivity contribution is 0.337. The minimum Gasteiger partial charge on any atom is -0.508 e. The molecule has 25 heavy (non-hydrogen) atoms. The van der Waals surface area contributed by atoms with Gasteiger partial charge in [-0.25, -0.2) is 0 Å². The number of aromatic nitrogens is 1. The van der Waals surface area contributed by atoms with E-state index in [1.807, 2.05) is 6.07 Å². The zero-order valence-electron chi connectivity index (χ0n) is 14.0. The Bertz CT molecular complexity index is 830. The molecule has 1 fully saturated rings. The maximum atomic E-state index is 11.8. The van der Waals surface area contributed by atoms with Gasteiger partial charge in [-0.1, -0.05) is 23.2 Å². The van der Waals surface area contributed by atoms with Gasteiger partial charge in [0, 0.05) is 55.8 Å². The number of piperidine rings is 1. The SMILES string of the molecule is Cn1ccc(N2CCC(C(N)c3cc(Cl)c(Cl)cc3O)CC2)cc1=O. The lowest BCUT2D eigenvalue weighted by Crippen LogP contribution is -2.38. The molecule has 5 nitrogen and oxygen atoms in total. The van der Waals surface area contributed by atoms with E-state index >= 15 is 0 Å². The molecule has 0 radical (unpaired) electrons. The number of anilines is 1. The van der Waals surface area contributed by atoms with Crippen molar-refractivity contribution in [2.45, 2.75) is 18.9 Å². The van der Waals surface area contributed by atoms with Crippen molar-refractivity contribution >= 4 is 28.9 Å². The summed E-state index contributed by atoms with van der Waals surface area (Å²) in [4.78, 5) is 14.0. The van der Waals surface area contributed by atoms with Crippen molar-refractivity contribution in [2.24, 2.45) is 18.7 Å². The summed E-state index contributed by atoms with van der Waals surface area (Å²) in [6.45, 7) is 1.63. The number of hydrogen-bond acceptors (Lipinski definition) is 4. The molecule has 0 bridgehead atoms. The van der Waals surface area contributed by atoms with E-state index in [0.29, 0.717) is 15.6 Å². The summed E-state index contributed by atoms with van der Waals surface area (Å²) in [6, 6.07) is 6.39. The number of aryl methyl sites for hydroxylation is 1. The highest BCUT2D eigenvalue weighted by Gasteiger charge is 2.27. The Hall–Kier alpha value is -1.69. The van der Waals surface area contributed by atoms with Gasteiger partial charge in [-0.15, -0.1) is 0 Å². The minimum atomic E-state index is -0.305. The largest absolute Gasteiger partial charge is 0.508 e. The van der Waals surface area contributed by atoms with Crippen molar-refractivity contribution in [3.63, 3.8) is 0 Å². The Balaban J connectivity index is 1.70. The molecule has 1 aromatic heterocycles. The van der Waals surface area contributed by atoms with E-state index in [1.165, 1.54) is 6.07 Å². The molecule has 1 aliphatic heterocycles. The van der Waals surface area contributed by atoms with Crippen molar-refractivity contribution in [2.75, 3.05) is 18.0 Å². The number of phenolic OH excluding ortho intramolecular Hbond substituents is 1.